The Balaban J connectivity index is 1.87. The van der Waals surface area contributed by atoms with Gasteiger partial charge in [0.2, 0.25) is 5.95 Å². The summed E-state index contributed by atoms with van der Waals surface area (Å²) in [6, 6.07) is 11.2. The van der Waals surface area contributed by atoms with Crippen molar-refractivity contribution < 1.29 is 13.2 Å². The molecule has 128 valence electrons. The minimum atomic E-state index is -2.74. The number of hydrazone groups is 1. The van der Waals surface area contributed by atoms with Crippen LogP contribution in [-0.4, -0.2) is 16.2 Å². The molecular formula is C16H10BrF3N4S. The van der Waals surface area contributed by atoms with E-state index in [2.05, 4.69) is 36.4 Å². The number of halogens is 4. The number of anilines is 1. The van der Waals surface area contributed by atoms with Gasteiger partial charge in [-0.25, -0.2) is 24.2 Å². The molecule has 0 aliphatic carbocycles. The highest BCUT2D eigenvalue weighted by atomic mass is 79.9. The maximum Gasteiger partial charge on any atom is 0.280 e. The number of aromatic nitrogens is 2. The summed E-state index contributed by atoms with van der Waals surface area (Å²) in [5, 5.41) is 3.53. The van der Waals surface area contributed by atoms with E-state index in [1.165, 1.54) is 18.3 Å². The van der Waals surface area contributed by atoms with Crippen molar-refractivity contribution in [2.24, 2.45) is 5.10 Å². The summed E-state index contributed by atoms with van der Waals surface area (Å²) in [4.78, 5) is 8.52. The van der Waals surface area contributed by atoms with Crippen LogP contribution in [0.15, 0.2) is 52.0 Å². The molecule has 3 rings (SSSR count). The summed E-state index contributed by atoms with van der Waals surface area (Å²) in [6.45, 7) is 0. The fourth-order valence-corrected chi connectivity index (χ4v) is 2.81. The topological polar surface area (TPSA) is 50.2 Å². The minimum absolute atomic E-state index is 0.0657. The summed E-state index contributed by atoms with van der Waals surface area (Å²) in [5.41, 5.74) is 3.11. The predicted octanol–water partition coefficient (Wildman–Crippen LogP) is 5.49. The molecule has 0 bridgehead atoms. The number of alkyl halides is 2. The lowest BCUT2D eigenvalue weighted by molar-refractivity contribution is 0.146. The number of nitrogens with one attached hydrogen (secondary N) is 1. The van der Waals surface area contributed by atoms with Crippen molar-refractivity contribution >= 4 is 39.4 Å². The number of hydrogen-bond acceptors (Lipinski definition) is 5. The van der Waals surface area contributed by atoms with Crippen molar-refractivity contribution in [3.8, 4) is 11.3 Å². The standard InChI is InChI=1S/C16H10BrF3N4S/c17-10-3-1-9(2-4-10)12-7-13(15(19)20)23-16(22-12)24-21-8-11-5-6-14(18)25-11/h1-8,15H,(H,22,23,24)/b21-8-. The Morgan fingerprint density at radius 1 is 1.12 bits per heavy atom. The third-order valence-corrected chi connectivity index (χ3v) is 4.40. The first-order valence-electron chi connectivity index (χ1n) is 6.99. The van der Waals surface area contributed by atoms with Gasteiger partial charge in [0.05, 0.1) is 16.8 Å². The predicted molar refractivity (Wildman–Crippen MR) is 95.6 cm³/mol. The van der Waals surface area contributed by atoms with Crippen LogP contribution in [0, 0.1) is 5.13 Å². The van der Waals surface area contributed by atoms with Crippen LogP contribution < -0.4 is 5.43 Å². The summed E-state index contributed by atoms with van der Waals surface area (Å²) >= 11 is 4.23. The van der Waals surface area contributed by atoms with Gasteiger partial charge < -0.3 is 0 Å². The van der Waals surface area contributed by atoms with Crippen LogP contribution in [0.3, 0.4) is 0 Å². The number of nitrogens with zero attached hydrogens (tertiary/aromatic N) is 3. The van der Waals surface area contributed by atoms with E-state index in [1.807, 2.05) is 0 Å². The number of thiophene rings is 1. The SMILES string of the molecule is Fc1ccc(/C=N\Nc2nc(-c3ccc(Br)cc3)cc(C(F)F)n2)s1. The van der Waals surface area contributed by atoms with E-state index < -0.39 is 12.1 Å². The van der Waals surface area contributed by atoms with E-state index in [4.69, 9.17) is 0 Å². The molecule has 0 amide bonds. The van der Waals surface area contributed by atoms with Crippen molar-refractivity contribution in [3.05, 3.63) is 62.6 Å². The maximum absolute atomic E-state index is 13.1. The Bertz CT molecular complexity index is 897. The highest BCUT2D eigenvalue weighted by Gasteiger charge is 2.14. The Hall–Kier alpha value is -2.26. The monoisotopic (exact) mass is 426 g/mol. The third kappa shape index (κ3) is 4.64. The van der Waals surface area contributed by atoms with Crippen LogP contribution in [0.5, 0.6) is 0 Å². The normalized spacial score (nSPS) is 11.4. The van der Waals surface area contributed by atoms with E-state index in [9.17, 15) is 13.2 Å². The molecule has 0 spiro atoms. The van der Waals surface area contributed by atoms with Gasteiger partial charge in [-0.05, 0) is 30.3 Å². The van der Waals surface area contributed by atoms with Gasteiger partial charge in [-0.3, -0.25) is 0 Å². The Morgan fingerprint density at radius 3 is 2.52 bits per heavy atom. The molecule has 0 saturated carbocycles. The molecule has 0 aliphatic rings. The highest BCUT2D eigenvalue weighted by molar-refractivity contribution is 9.10. The number of benzene rings is 1. The maximum atomic E-state index is 13.1. The van der Waals surface area contributed by atoms with Crippen molar-refractivity contribution in [1.29, 1.82) is 0 Å². The summed E-state index contributed by atoms with van der Waals surface area (Å²) in [5.74, 6) is -0.0657. The lowest BCUT2D eigenvalue weighted by atomic mass is 10.1. The first-order valence-corrected chi connectivity index (χ1v) is 8.60. The Morgan fingerprint density at radius 2 is 1.88 bits per heavy atom. The van der Waals surface area contributed by atoms with E-state index in [0.29, 0.717) is 16.1 Å². The number of rotatable bonds is 5. The summed E-state index contributed by atoms with van der Waals surface area (Å²) in [7, 11) is 0. The van der Waals surface area contributed by atoms with E-state index in [-0.39, 0.29) is 11.1 Å². The molecule has 0 fully saturated rings. The second kappa shape index (κ2) is 7.75. The molecule has 9 heteroatoms. The van der Waals surface area contributed by atoms with E-state index in [0.717, 1.165) is 15.8 Å². The number of hydrogen-bond donors (Lipinski definition) is 1. The second-order valence-electron chi connectivity index (χ2n) is 4.82. The zero-order valence-electron chi connectivity index (χ0n) is 12.5. The molecule has 0 aliphatic heterocycles. The fraction of sp³-hybridized carbons (Fsp3) is 0.0625. The zero-order valence-corrected chi connectivity index (χ0v) is 14.9. The Kier molecular flexibility index (Phi) is 5.44. The zero-order chi connectivity index (χ0) is 17.8. The van der Waals surface area contributed by atoms with Gasteiger partial charge in [-0.15, -0.1) is 11.3 Å². The van der Waals surface area contributed by atoms with Crippen LogP contribution in [-0.2, 0) is 0 Å². The van der Waals surface area contributed by atoms with Gasteiger partial charge in [0.15, 0.2) is 5.13 Å². The smallest absolute Gasteiger partial charge is 0.245 e. The van der Waals surface area contributed by atoms with Crippen LogP contribution in [0.25, 0.3) is 11.3 Å². The molecule has 0 unspecified atom stereocenters. The second-order valence-corrected chi connectivity index (χ2v) is 6.80. The molecule has 0 saturated heterocycles. The Labute approximate surface area is 153 Å². The first-order chi connectivity index (χ1) is 12.0. The van der Waals surface area contributed by atoms with Crippen molar-refractivity contribution in [3.63, 3.8) is 0 Å². The molecule has 0 radical (unpaired) electrons. The van der Waals surface area contributed by atoms with E-state index in [1.54, 1.807) is 30.3 Å². The van der Waals surface area contributed by atoms with Gasteiger partial charge in [-0.1, -0.05) is 28.1 Å². The molecule has 4 nitrogen and oxygen atoms in total. The van der Waals surface area contributed by atoms with Crippen LogP contribution in [0.4, 0.5) is 19.1 Å². The molecule has 2 heterocycles. The first kappa shape index (κ1) is 17.6. The third-order valence-electron chi connectivity index (χ3n) is 3.06. The lowest BCUT2D eigenvalue weighted by Crippen LogP contribution is -2.02. The van der Waals surface area contributed by atoms with Gasteiger partial charge >= 0.3 is 0 Å². The van der Waals surface area contributed by atoms with E-state index >= 15 is 0 Å². The molecule has 25 heavy (non-hydrogen) atoms. The lowest BCUT2D eigenvalue weighted by Gasteiger charge is -2.07. The quantitative estimate of drug-likeness (QED) is 0.433. The summed E-state index contributed by atoms with van der Waals surface area (Å²) < 4.78 is 40.0. The molecular weight excluding hydrogens is 417 g/mol. The largest absolute Gasteiger partial charge is 0.280 e. The van der Waals surface area contributed by atoms with Crippen molar-refractivity contribution in [2.75, 3.05) is 5.43 Å². The average molecular weight is 427 g/mol. The van der Waals surface area contributed by atoms with Gasteiger partial charge in [0.1, 0.15) is 5.69 Å². The highest BCUT2D eigenvalue weighted by Crippen LogP contribution is 2.25. The van der Waals surface area contributed by atoms with Crippen molar-refractivity contribution in [2.45, 2.75) is 6.43 Å². The molecule has 3 aromatic rings. The molecule has 0 atom stereocenters. The summed E-state index contributed by atoms with van der Waals surface area (Å²) in [6.07, 6.45) is -1.38. The van der Waals surface area contributed by atoms with Gasteiger partial charge in [0, 0.05) is 10.0 Å². The fourth-order valence-electron chi connectivity index (χ4n) is 1.95. The van der Waals surface area contributed by atoms with Gasteiger partial charge in [0.25, 0.3) is 6.43 Å². The molecule has 2 aromatic heterocycles. The van der Waals surface area contributed by atoms with Crippen molar-refractivity contribution in [1.82, 2.24) is 9.97 Å². The van der Waals surface area contributed by atoms with Crippen LogP contribution in [0.2, 0.25) is 0 Å². The average Bonchev–Trinajstić information content (AvgIpc) is 3.00. The van der Waals surface area contributed by atoms with Gasteiger partial charge in [-0.2, -0.15) is 9.49 Å². The van der Waals surface area contributed by atoms with Crippen LogP contribution in [0.1, 0.15) is 17.0 Å². The molecule has 1 N–H and O–H groups in total. The van der Waals surface area contributed by atoms with Crippen LogP contribution >= 0.6 is 27.3 Å². The minimum Gasteiger partial charge on any atom is -0.245 e. The molecule has 1 aromatic carbocycles.